The first-order chi connectivity index (χ1) is 6.13. The average molecular weight is 192 g/mol. The lowest BCUT2D eigenvalue weighted by Gasteiger charge is -2.20. The van der Waals surface area contributed by atoms with Gasteiger partial charge in [-0.15, -0.1) is 0 Å². The van der Waals surface area contributed by atoms with Crippen LogP contribution in [0.15, 0.2) is 0 Å². The molecule has 0 aliphatic carbocycles. The molecule has 78 valence electrons. The molecule has 0 saturated heterocycles. The summed E-state index contributed by atoms with van der Waals surface area (Å²) in [5.41, 5.74) is 6.60. The molecule has 0 fully saturated rings. The van der Waals surface area contributed by atoms with Crippen LogP contribution in [0.4, 0.5) is 0 Å². The number of primary amides is 1. The molecular formula is C7H16N2O4. The van der Waals surface area contributed by atoms with Crippen molar-refractivity contribution < 1.29 is 19.6 Å². The van der Waals surface area contributed by atoms with Crippen molar-refractivity contribution in [1.29, 1.82) is 0 Å². The van der Waals surface area contributed by atoms with Gasteiger partial charge in [0.15, 0.2) is 0 Å². The van der Waals surface area contributed by atoms with Crippen LogP contribution in [0, 0.1) is 5.92 Å². The molecule has 0 spiro atoms. The number of nitrogens with one attached hydrogen (secondary N) is 1. The van der Waals surface area contributed by atoms with Crippen LogP contribution >= 0.6 is 0 Å². The molecule has 0 aliphatic rings. The van der Waals surface area contributed by atoms with Gasteiger partial charge in [0.05, 0.1) is 18.6 Å². The first-order valence-corrected chi connectivity index (χ1v) is 4.05. The summed E-state index contributed by atoms with van der Waals surface area (Å²) in [6, 6.07) is 0. The zero-order chi connectivity index (χ0) is 10.3. The standard InChI is InChI=1S/C7H16N2O4/c1-3-12-6(4-13-9-11)5(2)7(8)10/h5-6,9,11H,3-4H2,1-2H3,(H2,8,10). The Morgan fingerprint density at radius 2 is 2.31 bits per heavy atom. The maximum absolute atomic E-state index is 10.8. The van der Waals surface area contributed by atoms with Crippen LogP contribution in [0.3, 0.4) is 0 Å². The van der Waals surface area contributed by atoms with E-state index >= 15 is 0 Å². The van der Waals surface area contributed by atoms with Gasteiger partial charge >= 0.3 is 0 Å². The molecule has 2 atom stereocenters. The predicted octanol–water partition coefficient (Wildman–Crippen LogP) is -0.577. The third kappa shape index (κ3) is 4.79. The van der Waals surface area contributed by atoms with Gasteiger partial charge in [0, 0.05) is 6.61 Å². The van der Waals surface area contributed by atoms with Crippen molar-refractivity contribution in [3.63, 3.8) is 0 Å². The summed E-state index contributed by atoms with van der Waals surface area (Å²) in [6.07, 6.45) is -0.442. The fraction of sp³-hybridized carbons (Fsp3) is 0.857. The fourth-order valence-electron chi connectivity index (χ4n) is 0.853. The highest BCUT2D eigenvalue weighted by molar-refractivity contribution is 5.76. The molecule has 0 aliphatic heterocycles. The van der Waals surface area contributed by atoms with Crippen molar-refractivity contribution in [2.45, 2.75) is 20.0 Å². The monoisotopic (exact) mass is 192 g/mol. The molecule has 4 N–H and O–H groups in total. The quantitative estimate of drug-likeness (QED) is 0.469. The molecule has 0 aromatic rings. The molecule has 0 radical (unpaired) electrons. The highest BCUT2D eigenvalue weighted by atomic mass is 16.8. The molecule has 0 aromatic carbocycles. The van der Waals surface area contributed by atoms with Crippen molar-refractivity contribution >= 4 is 5.91 Å². The molecule has 0 aromatic heterocycles. The third-order valence-electron chi connectivity index (χ3n) is 1.70. The average Bonchev–Trinajstić information content (AvgIpc) is 2.11. The topological polar surface area (TPSA) is 93.8 Å². The lowest BCUT2D eigenvalue weighted by atomic mass is 10.1. The van der Waals surface area contributed by atoms with Crippen LogP contribution in [0.5, 0.6) is 0 Å². The summed E-state index contributed by atoms with van der Waals surface area (Å²) >= 11 is 0. The van der Waals surface area contributed by atoms with Gasteiger partial charge in [0.2, 0.25) is 5.91 Å². The van der Waals surface area contributed by atoms with E-state index in [1.54, 1.807) is 13.8 Å². The van der Waals surface area contributed by atoms with E-state index in [-0.39, 0.29) is 6.61 Å². The lowest BCUT2D eigenvalue weighted by molar-refractivity contribution is -0.164. The number of amides is 1. The van der Waals surface area contributed by atoms with Crippen LogP contribution in [0.25, 0.3) is 0 Å². The highest BCUT2D eigenvalue weighted by Gasteiger charge is 2.22. The molecule has 6 nitrogen and oxygen atoms in total. The number of hydrogen-bond donors (Lipinski definition) is 3. The molecule has 1 amide bonds. The Bertz CT molecular complexity index is 153. The Morgan fingerprint density at radius 3 is 2.69 bits per heavy atom. The molecular weight excluding hydrogens is 176 g/mol. The fourth-order valence-corrected chi connectivity index (χ4v) is 0.853. The van der Waals surface area contributed by atoms with E-state index in [1.165, 1.54) is 5.64 Å². The normalized spacial score (nSPS) is 15.3. The largest absolute Gasteiger partial charge is 0.375 e. The van der Waals surface area contributed by atoms with Crippen LogP contribution in [0.2, 0.25) is 0 Å². The van der Waals surface area contributed by atoms with Crippen molar-refractivity contribution in [2.75, 3.05) is 13.2 Å². The minimum absolute atomic E-state index is 0.0639. The van der Waals surface area contributed by atoms with Crippen molar-refractivity contribution in [1.82, 2.24) is 5.64 Å². The first kappa shape index (κ1) is 12.3. The van der Waals surface area contributed by atoms with Crippen molar-refractivity contribution in [3.8, 4) is 0 Å². The van der Waals surface area contributed by atoms with E-state index < -0.39 is 17.9 Å². The Labute approximate surface area is 76.9 Å². The summed E-state index contributed by atoms with van der Waals surface area (Å²) in [5, 5.41) is 8.16. The van der Waals surface area contributed by atoms with Gasteiger partial charge in [-0.25, -0.2) is 0 Å². The minimum atomic E-state index is -0.458. The van der Waals surface area contributed by atoms with Gasteiger partial charge in [-0.2, -0.15) is 0 Å². The second kappa shape index (κ2) is 6.79. The van der Waals surface area contributed by atoms with Crippen molar-refractivity contribution in [3.05, 3.63) is 0 Å². The van der Waals surface area contributed by atoms with Crippen LogP contribution in [-0.4, -0.2) is 30.4 Å². The molecule has 6 heteroatoms. The lowest BCUT2D eigenvalue weighted by Crippen LogP contribution is -2.37. The molecule has 0 saturated carbocycles. The smallest absolute Gasteiger partial charge is 0.222 e. The SMILES string of the molecule is CCOC(CONO)C(C)C(N)=O. The highest BCUT2D eigenvalue weighted by Crippen LogP contribution is 2.07. The Hall–Kier alpha value is -0.690. The van der Waals surface area contributed by atoms with E-state index in [0.717, 1.165) is 0 Å². The van der Waals surface area contributed by atoms with Crippen LogP contribution in [0.1, 0.15) is 13.8 Å². The Morgan fingerprint density at radius 1 is 1.69 bits per heavy atom. The van der Waals surface area contributed by atoms with E-state index in [1.807, 2.05) is 0 Å². The van der Waals surface area contributed by atoms with Gasteiger partial charge in [-0.3, -0.25) is 14.8 Å². The zero-order valence-corrected chi connectivity index (χ0v) is 7.82. The predicted molar refractivity (Wildman–Crippen MR) is 44.6 cm³/mol. The Kier molecular flexibility index (Phi) is 6.43. The van der Waals surface area contributed by atoms with Crippen LogP contribution < -0.4 is 11.4 Å². The number of carbonyl (C=O) groups is 1. The molecule has 13 heavy (non-hydrogen) atoms. The summed E-state index contributed by atoms with van der Waals surface area (Å²) in [7, 11) is 0. The second-order valence-electron chi connectivity index (χ2n) is 2.59. The molecule has 0 rings (SSSR count). The minimum Gasteiger partial charge on any atom is -0.375 e. The van der Waals surface area contributed by atoms with Gasteiger partial charge in [0.1, 0.15) is 0 Å². The van der Waals surface area contributed by atoms with Gasteiger partial charge in [-0.1, -0.05) is 12.6 Å². The maximum Gasteiger partial charge on any atom is 0.222 e. The van der Waals surface area contributed by atoms with E-state index in [0.29, 0.717) is 6.61 Å². The van der Waals surface area contributed by atoms with Crippen LogP contribution in [-0.2, 0) is 14.4 Å². The second-order valence-corrected chi connectivity index (χ2v) is 2.59. The summed E-state index contributed by atoms with van der Waals surface area (Å²) in [6.45, 7) is 3.96. The molecule has 0 heterocycles. The van der Waals surface area contributed by atoms with E-state index in [2.05, 4.69) is 4.84 Å². The number of rotatable bonds is 7. The van der Waals surface area contributed by atoms with E-state index in [4.69, 9.17) is 15.7 Å². The molecule has 2 unspecified atom stereocenters. The summed E-state index contributed by atoms with van der Waals surface area (Å²) in [4.78, 5) is 15.3. The zero-order valence-electron chi connectivity index (χ0n) is 7.82. The number of ether oxygens (including phenoxy) is 1. The Balaban J connectivity index is 3.98. The third-order valence-corrected chi connectivity index (χ3v) is 1.70. The van der Waals surface area contributed by atoms with Gasteiger partial charge < -0.3 is 10.5 Å². The van der Waals surface area contributed by atoms with Gasteiger partial charge in [-0.05, 0) is 6.92 Å². The number of nitrogens with two attached hydrogens (primary N) is 1. The summed E-state index contributed by atoms with van der Waals surface area (Å²) < 4.78 is 5.19. The van der Waals surface area contributed by atoms with Gasteiger partial charge in [0.25, 0.3) is 0 Å². The number of carbonyl (C=O) groups excluding carboxylic acids is 1. The van der Waals surface area contributed by atoms with E-state index in [9.17, 15) is 4.79 Å². The number of hydrogen-bond acceptors (Lipinski definition) is 5. The maximum atomic E-state index is 10.8. The van der Waals surface area contributed by atoms with Crippen molar-refractivity contribution in [2.24, 2.45) is 11.7 Å². The summed E-state index contributed by atoms with van der Waals surface area (Å²) in [5.74, 6) is -0.909. The molecule has 0 bridgehead atoms. The first-order valence-electron chi connectivity index (χ1n) is 4.05.